The van der Waals surface area contributed by atoms with E-state index < -0.39 is 11.9 Å². The van der Waals surface area contributed by atoms with Gasteiger partial charge in [0, 0.05) is 6.42 Å². The van der Waals surface area contributed by atoms with Crippen LogP contribution in [0.2, 0.25) is 0 Å². The SMILES string of the molecule is COc1cc(/C=C(\C#N)C(=O)NCc2ccco2)ccc1OC(=O)CCCOc1ccc(C)cc1. The largest absolute Gasteiger partial charge is 0.494 e. The minimum atomic E-state index is -0.536. The Morgan fingerprint density at radius 3 is 2.60 bits per heavy atom. The molecule has 0 bridgehead atoms. The fourth-order valence-corrected chi connectivity index (χ4v) is 3.06. The Morgan fingerprint density at radius 1 is 1.11 bits per heavy atom. The number of furan rings is 1. The van der Waals surface area contributed by atoms with Crippen LogP contribution in [0.15, 0.2) is 70.9 Å². The molecule has 0 unspecified atom stereocenters. The van der Waals surface area contributed by atoms with E-state index in [1.165, 1.54) is 19.4 Å². The van der Waals surface area contributed by atoms with Gasteiger partial charge in [0.25, 0.3) is 5.91 Å². The van der Waals surface area contributed by atoms with Crippen molar-refractivity contribution in [1.29, 1.82) is 5.26 Å². The summed E-state index contributed by atoms with van der Waals surface area (Å²) in [6.45, 7) is 2.55. The lowest BCUT2D eigenvalue weighted by molar-refractivity contribution is -0.134. The summed E-state index contributed by atoms with van der Waals surface area (Å²) in [5.74, 6) is 0.914. The first-order chi connectivity index (χ1) is 17.0. The first kappa shape index (κ1) is 25.1. The molecule has 8 heteroatoms. The number of rotatable bonds is 11. The summed E-state index contributed by atoms with van der Waals surface area (Å²) in [6, 6.07) is 17.8. The van der Waals surface area contributed by atoms with Gasteiger partial charge in [-0.2, -0.15) is 5.26 Å². The van der Waals surface area contributed by atoms with Crippen molar-refractivity contribution in [3.8, 4) is 23.3 Å². The highest BCUT2D eigenvalue weighted by molar-refractivity contribution is 6.01. The molecule has 0 aliphatic rings. The van der Waals surface area contributed by atoms with E-state index in [9.17, 15) is 14.9 Å². The number of nitrogens with one attached hydrogen (secondary N) is 1. The molecule has 0 atom stereocenters. The van der Waals surface area contributed by atoms with E-state index >= 15 is 0 Å². The van der Waals surface area contributed by atoms with Gasteiger partial charge in [-0.15, -0.1) is 0 Å². The Labute approximate surface area is 203 Å². The monoisotopic (exact) mass is 474 g/mol. The molecular weight excluding hydrogens is 448 g/mol. The minimum Gasteiger partial charge on any atom is -0.494 e. The molecular formula is C27H26N2O6. The summed E-state index contributed by atoms with van der Waals surface area (Å²) in [4.78, 5) is 24.6. The summed E-state index contributed by atoms with van der Waals surface area (Å²) in [7, 11) is 1.44. The number of methoxy groups -OCH3 is 1. The molecule has 1 aromatic heterocycles. The molecule has 3 rings (SSSR count). The van der Waals surface area contributed by atoms with Gasteiger partial charge in [0.05, 0.1) is 26.5 Å². The van der Waals surface area contributed by atoms with Crippen LogP contribution in [0, 0.1) is 18.3 Å². The number of carbonyl (C=O) groups is 2. The van der Waals surface area contributed by atoms with Crippen molar-refractivity contribution in [2.45, 2.75) is 26.3 Å². The van der Waals surface area contributed by atoms with Gasteiger partial charge in [0.15, 0.2) is 11.5 Å². The maximum atomic E-state index is 12.3. The number of benzene rings is 2. The van der Waals surface area contributed by atoms with E-state index in [0.717, 1.165) is 11.3 Å². The summed E-state index contributed by atoms with van der Waals surface area (Å²) in [6.07, 6.45) is 3.59. The summed E-state index contributed by atoms with van der Waals surface area (Å²) < 4.78 is 21.5. The highest BCUT2D eigenvalue weighted by Gasteiger charge is 2.13. The van der Waals surface area contributed by atoms with Gasteiger partial charge in [-0.1, -0.05) is 23.8 Å². The van der Waals surface area contributed by atoms with E-state index in [1.807, 2.05) is 37.3 Å². The third kappa shape index (κ3) is 7.79. The lowest BCUT2D eigenvalue weighted by Crippen LogP contribution is -2.23. The molecule has 0 spiro atoms. The third-order valence-electron chi connectivity index (χ3n) is 4.91. The van der Waals surface area contributed by atoms with Crippen molar-refractivity contribution in [3.05, 3.63) is 83.3 Å². The molecule has 8 nitrogen and oxygen atoms in total. The Morgan fingerprint density at radius 2 is 1.91 bits per heavy atom. The van der Waals surface area contributed by atoms with Gasteiger partial charge in [-0.05, 0) is 61.4 Å². The van der Waals surface area contributed by atoms with Crippen LogP contribution >= 0.6 is 0 Å². The number of nitriles is 1. The van der Waals surface area contributed by atoms with Crippen LogP contribution in [-0.4, -0.2) is 25.6 Å². The molecule has 35 heavy (non-hydrogen) atoms. The second-order valence-corrected chi connectivity index (χ2v) is 7.58. The Hall–Kier alpha value is -4.51. The number of aryl methyl sites for hydroxylation is 1. The van der Waals surface area contributed by atoms with Crippen LogP contribution in [0.1, 0.15) is 29.7 Å². The number of carbonyl (C=O) groups excluding carboxylic acids is 2. The first-order valence-electron chi connectivity index (χ1n) is 11.0. The lowest BCUT2D eigenvalue weighted by Gasteiger charge is -2.11. The van der Waals surface area contributed by atoms with Crippen LogP contribution in [-0.2, 0) is 16.1 Å². The van der Waals surface area contributed by atoms with Crippen LogP contribution in [0.3, 0.4) is 0 Å². The van der Waals surface area contributed by atoms with Crippen LogP contribution in [0.25, 0.3) is 6.08 Å². The van der Waals surface area contributed by atoms with Crippen molar-refractivity contribution in [2.24, 2.45) is 0 Å². The fourth-order valence-electron chi connectivity index (χ4n) is 3.06. The normalized spacial score (nSPS) is 10.8. The van der Waals surface area contributed by atoms with Gasteiger partial charge in [0.2, 0.25) is 0 Å². The fraction of sp³-hybridized carbons (Fsp3) is 0.222. The second kappa shape index (κ2) is 12.7. The molecule has 0 aliphatic heterocycles. The first-order valence-corrected chi connectivity index (χ1v) is 11.0. The third-order valence-corrected chi connectivity index (χ3v) is 4.91. The number of amides is 1. The highest BCUT2D eigenvalue weighted by Crippen LogP contribution is 2.29. The Balaban J connectivity index is 1.54. The van der Waals surface area contributed by atoms with Crippen LogP contribution in [0.5, 0.6) is 17.2 Å². The topological polar surface area (TPSA) is 111 Å². The average molecular weight is 475 g/mol. The zero-order valence-electron chi connectivity index (χ0n) is 19.6. The van der Waals surface area contributed by atoms with E-state index in [1.54, 1.807) is 30.3 Å². The average Bonchev–Trinajstić information content (AvgIpc) is 3.39. The number of esters is 1. The number of hydrogen-bond donors (Lipinski definition) is 1. The molecule has 0 saturated heterocycles. The summed E-state index contributed by atoms with van der Waals surface area (Å²) in [5.41, 5.74) is 1.60. The molecule has 0 fully saturated rings. The van der Waals surface area contributed by atoms with Crippen molar-refractivity contribution in [2.75, 3.05) is 13.7 Å². The highest BCUT2D eigenvalue weighted by atomic mass is 16.6. The summed E-state index contributed by atoms with van der Waals surface area (Å²) >= 11 is 0. The van der Waals surface area contributed by atoms with Gasteiger partial charge in [-0.3, -0.25) is 9.59 Å². The van der Waals surface area contributed by atoms with Crippen molar-refractivity contribution < 1.29 is 28.2 Å². The van der Waals surface area contributed by atoms with Crippen LogP contribution < -0.4 is 19.5 Å². The molecule has 1 amide bonds. The van der Waals surface area contributed by atoms with Gasteiger partial charge in [0.1, 0.15) is 23.2 Å². The number of hydrogen-bond acceptors (Lipinski definition) is 7. The number of ether oxygens (including phenoxy) is 3. The van der Waals surface area contributed by atoms with E-state index in [4.69, 9.17) is 18.6 Å². The van der Waals surface area contributed by atoms with Crippen LogP contribution in [0.4, 0.5) is 0 Å². The number of nitrogens with zero attached hydrogens (tertiary/aromatic N) is 1. The van der Waals surface area contributed by atoms with E-state index in [0.29, 0.717) is 30.1 Å². The van der Waals surface area contributed by atoms with Crippen molar-refractivity contribution in [3.63, 3.8) is 0 Å². The maximum absolute atomic E-state index is 12.3. The quantitative estimate of drug-likeness (QED) is 0.142. The van der Waals surface area contributed by atoms with Crippen molar-refractivity contribution in [1.82, 2.24) is 5.32 Å². The smallest absolute Gasteiger partial charge is 0.311 e. The molecule has 0 aliphatic carbocycles. The molecule has 2 aromatic carbocycles. The Kier molecular flexibility index (Phi) is 9.08. The predicted octanol–water partition coefficient (Wildman–Crippen LogP) is 4.58. The second-order valence-electron chi connectivity index (χ2n) is 7.58. The summed E-state index contributed by atoms with van der Waals surface area (Å²) in [5, 5.41) is 12.0. The van der Waals surface area contributed by atoms with Gasteiger partial charge >= 0.3 is 5.97 Å². The molecule has 1 heterocycles. The molecule has 1 N–H and O–H groups in total. The lowest BCUT2D eigenvalue weighted by atomic mass is 10.1. The molecule has 3 aromatic rings. The predicted molar refractivity (Wildman–Crippen MR) is 129 cm³/mol. The zero-order chi connectivity index (χ0) is 25.0. The van der Waals surface area contributed by atoms with Gasteiger partial charge in [-0.25, -0.2) is 0 Å². The molecule has 0 radical (unpaired) electrons. The maximum Gasteiger partial charge on any atom is 0.311 e. The van der Waals surface area contributed by atoms with Crippen molar-refractivity contribution >= 4 is 18.0 Å². The zero-order valence-corrected chi connectivity index (χ0v) is 19.6. The van der Waals surface area contributed by atoms with E-state index in [-0.39, 0.29) is 24.3 Å². The van der Waals surface area contributed by atoms with Gasteiger partial charge < -0.3 is 23.9 Å². The molecule has 0 saturated carbocycles. The minimum absolute atomic E-state index is 0.0862. The molecule has 180 valence electrons. The Bertz CT molecular complexity index is 1210. The standard InChI is InChI=1S/C27H26N2O6/c1-19-7-10-22(11-8-19)33-14-4-6-26(30)35-24-12-9-20(16-25(24)32-2)15-21(17-28)27(31)29-18-23-5-3-13-34-23/h3,5,7-13,15-16H,4,6,14,18H2,1-2H3,(H,29,31)/b21-15+. The van der Waals surface area contributed by atoms with E-state index in [2.05, 4.69) is 5.32 Å².